The zero-order valence-electron chi connectivity index (χ0n) is 58.5. The number of hydrogen-bond donors (Lipinski definition) is 0. The van der Waals surface area contributed by atoms with E-state index in [1.54, 1.807) is 11.3 Å². The number of anilines is 6. The van der Waals surface area contributed by atoms with Crippen LogP contribution in [-0.4, -0.2) is 11.5 Å². The second kappa shape index (κ2) is 25.1. The van der Waals surface area contributed by atoms with E-state index in [9.17, 15) is 0 Å². The van der Waals surface area contributed by atoms with Crippen LogP contribution in [0.1, 0.15) is 4.88 Å². The maximum atomic E-state index is 4.93. The molecule has 4 nitrogen and oxygen atoms in total. The number of pyridine rings is 1. The predicted molar refractivity (Wildman–Crippen MR) is 466 cm³/mol. The van der Waals surface area contributed by atoms with E-state index in [4.69, 9.17) is 10.3 Å². The standard InChI is InChI=1S/C102H63N4S2/c1-4-18-79-69(15-1)57-90(84-23-9-7-21-82(79)84)63-31-40-73(41-32-63)105(77-49-52-97-96(61-77)102-99(107-97)28-14-54-104-102)74-42-37-66(38-43-74)93-59-71-17-3-6-20-81(71)95-56-68(39-50-88(93)95)67-29-30-72-60-92(86-25-11-12-26-87(86)94(72)55-67)65-35-46-76(47-36-65)106(78-48-51-89-100(62-78)108-98-27-13-53-103-101(89)98)75-44-33-64(34-45-75)91-58-70-16-2-5-19-80(70)83-22-8-10-24-85(83)91/h1-52,54-62H,53H2/q-1. The molecule has 0 bridgehead atoms. The Kier molecular flexibility index (Phi) is 14.4. The van der Waals surface area contributed by atoms with E-state index in [0.717, 1.165) is 61.8 Å². The van der Waals surface area contributed by atoms with Gasteiger partial charge in [-0.2, -0.15) is 0 Å². The Labute approximate surface area is 631 Å². The SMILES string of the molecule is C1=Cc2sc3cc(N(c4ccc(-c5cc6ccccc6c6ccccc56)cc4)c4ccc(-c5cc6ccc(-c7ccc8c(-c9ccc(N(c%10ccc(-c%11cc%12ccccc%12c%12ccccc%11%12)cc%10)c%10ccc%11sc%12cccnc%12c%11c%10)cc9)cc9ccccc9c8c7)cc6c6ccccc56)cc4)ccc3c2[N-]C1. The molecular formula is C102H63N4S2-. The number of benzene rings is 18. The highest BCUT2D eigenvalue weighted by Gasteiger charge is 2.22. The second-order valence-corrected chi connectivity index (χ2v) is 30.6. The molecule has 4 heterocycles. The van der Waals surface area contributed by atoms with Gasteiger partial charge < -0.3 is 15.1 Å². The number of thiophene rings is 2. The molecule has 18 aromatic carbocycles. The van der Waals surface area contributed by atoms with Crippen molar-refractivity contribution < 1.29 is 0 Å². The van der Waals surface area contributed by atoms with Gasteiger partial charge in [0, 0.05) is 60.0 Å². The summed E-state index contributed by atoms with van der Waals surface area (Å²) in [5.41, 5.74) is 20.5. The molecule has 0 N–H and O–H groups in total. The fourth-order valence-electron chi connectivity index (χ4n) is 17.2. The lowest BCUT2D eigenvalue weighted by atomic mass is 9.89. The Morgan fingerprint density at radius 1 is 0.250 bits per heavy atom. The predicted octanol–water partition coefficient (Wildman–Crippen LogP) is 30.2. The normalized spacial score (nSPS) is 12.3. The Balaban J connectivity index is 0.602. The lowest BCUT2D eigenvalue weighted by Gasteiger charge is -2.27. The summed E-state index contributed by atoms with van der Waals surface area (Å²) in [6.07, 6.45) is 6.28. The van der Waals surface area contributed by atoms with Gasteiger partial charge in [0.1, 0.15) is 0 Å². The molecule has 0 radical (unpaired) electrons. The maximum Gasteiger partial charge on any atom is 0.0889 e. The fraction of sp³-hybridized carbons (Fsp3) is 0.00980. The van der Waals surface area contributed by atoms with Crippen LogP contribution in [0, 0.1) is 0 Å². The molecule has 1 aliphatic heterocycles. The van der Waals surface area contributed by atoms with Crippen molar-refractivity contribution in [2.24, 2.45) is 0 Å². The topological polar surface area (TPSA) is 33.5 Å². The van der Waals surface area contributed by atoms with E-state index < -0.39 is 0 Å². The summed E-state index contributed by atoms with van der Waals surface area (Å²) in [6.45, 7) is 0.715. The Bertz CT molecular complexity index is 7290. The minimum atomic E-state index is 0.715. The van der Waals surface area contributed by atoms with E-state index >= 15 is 0 Å². The molecule has 6 heteroatoms. The summed E-state index contributed by atoms with van der Waals surface area (Å²) in [5, 5.41) is 27.1. The third-order valence-electron chi connectivity index (χ3n) is 22.4. The van der Waals surface area contributed by atoms with Crippen molar-refractivity contribution in [2.75, 3.05) is 16.3 Å². The fourth-order valence-corrected chi connectivity index (χ4v) is 19.4. The molecule has 1 aliphatic rings. The Hall–Kier alpha value is -13.5. The van der Waals surface area contributed by atoms with Gasteiger partial charge in [-0.05, 0) is 275 Å². The van der Waals surface area contributed by atoms with Gasteiger partial charge in [-0.3, -0.25) is 4.98 Å². The van der Waals surface area contributed by atoms with Gasteiger partial charge in [-0.15, -0.1) is 41.0 Å². The van der Waals surface area contributed by atoms with Crippen LogP contribution in [0.5, 0.6) is 0 Å². The molecule has 0 spiro atoms. The second-order valence-electron chi connectivity index (χ2n) is 28.4. The summed E-state index contributed by atoms with van der Waals surface area (Å²) in [4.78, 5) is 10.9. The number of hydrogen-bond acceptors (Lipinski definition) is 5. The van der Waals surface area contributed by atoms with Crippen LogP contribution >= 0.6 is 22.7 Å². The van der Waals surface area contributed by atoms with E-state index in [-0.39, 0.29) is 0 Å². The van der Waals surface area contributed by atoms with Crippen molar-refractivity contribution in [2.45, 2.75) is 0 Å². The van der Waals surface area contributed by atoms with Crippen LogP contribution in [0.15, 0.2) is 364 Å². The Morgan fingerprint density at radius 2 is 0.639 bits per heavy atom. The maximum absolute atomic E-state index is 4.93. The quantitative estimate of drug-likeness (QED) is 0.121. The largest absolute Gasteiger partial charge is 0.679 e. The minimum Gasteiger partial charge on any atom is -0.679 e. The zero-order valence-corrected chi connectivity index (χ0v) is 60.2. The molecule has 0 fully saturated rings. The van der Waals surface area contributed by atoms with E-state index in [1.807, 2.05) is 23.6 Å². The van der Waals surface area contributed by atoms with Gasteiger partial charge in [0.2, 0.25) is 0 Å². The number of rotatable bonds is 11. The van der Waals surface area contributed by atoms with Crippen LogP contribution in [0.25, 0.3) is 184 Å². The zero-order chi connectivity index (χ0) is 70.9. The van der Waals surface area contributed by atoms with E-state index in [0.29, 0.717) is 6.54 Å². The molecule has 3 aromatic heterocycles. The van der Waals surface area contributed by atoms with Crippen LogP contribution in [0.2, 0.25) is 0 Å². The van der Waals surface area contributed by atoms with Crippen molar-refractivity contribution in [1.29, 1.82) is 0 Å². The molecule has 0 amide bonds. The van der Waals surface area contributed by atoms with Crippen molar-refractivity contribution >= 4 is 185 Å². The van der Waals surface area contributed by atoms with E-state index in [2.05, 4.69) is 368 Å². The number of fused-ring (bicyclic) bond motifs is 18. The van der Waals surface area contributed by atoms with Gasteiger partial charge in [0.25, 0.3) is 0 Å². The highest BCUT2D eigenvalue weighted by molar-refractivity contribution is 7.25. The average Bonchev–Trinajstić information content (AvgIpc) is 1.10. The van der Waals surface area contributed by atoms with Gasteiger partial charge in [0.15, 0.2) is 0 Å². The van der Waals surface area contributed by atoms with E-state index in [1.165, 1.54) is 155 Å². The smallest absolute Gasteiger partial charge is 0.0889 e. The van der Waals surface area contributed by atoms with Crippen LogP contribution < -0.4 is 9.80 Å². The molecule has 21 aromatic rings. The average molecular weight is 1410 g/mol. The van der Waals surface area contributed by atoms with Gasteiger partial charge >= 0.3 is 0 Å². The molecule has 0 saturated heterocycles. The van der Waals surface area contributed by atoms with Crippen LogP contribution in [-0.2, 0) is 0 Å². The monoisotopic (exact) mass is 1410 g/mol. The first-order chi connectivity index (χ1) is 53.5. The van der Waals surface area contributed by atoms with Gasteiger partial charge in [-0.1, -0.05) is 231 Å². The van der Waals surface area contributed by atoms with Crippen LogP contribution in [0.3, 0.4) is 0 Å². The van der Waals surface area contributed by atoms with Crippen molar-refractivity contribution in [1.82, 2.24) is 4.98 Å². The highest BCUT2D eigenvalue weighted by atomic mass is 32.1. The Morgan fingerprint density at radius 3 is 1.16 bits per heavy atom. The lowest BCUT2D eigenvalue weighted by Crippen LogP contribution is -2.09. The molecule has 108 heavy (non-hydrogen) atoms. The first kappa shape index (κ1) is 61.9. The summed E-state index contributed by atoms with van der Waals surface area (Å²) in [5.74, 6) is 0. The van der Waals surface area contributed by atoms with Gasteiger partial charge in [0.05, 0.1) is 10.2 Å². The number of nitrogens with zero attached hydrogens (tertiary/aromatic N) is 4. The number of aromatic nitrogens is 1. The lowest BCUT2D eigenvalue weighted by molar-refractivity contribution is 1.29. The summed E-state index contributed by atoms with van der Waals surface area (Å²) < 4.78 is 3.64. The third-order valence-corrected chi connectivity index (χ3v) is 24.6. The summed E-state index contributed by atoms with van der Waals surface area (Å²) in [7, 11) is 0. The molecule has 0 aliphatic carbocycles. The molecule has 0 unspecified atom stereocenters. The highest BCUT2D eigenvalue weighted by Crippen LogP contribution is 2.50. The van der Waals surface area contributed by atoms with Crippen molar-refractivity contribution in [3.8, 4) is 55.6 Å². The summed E-state index contributed by atoms with van der Waals surface area (Å²) in [6, 6.07) is 131. The molecule has 504 valence electrons. The first-order valence-corrected chi connectivity index (χ1v) is 38.6. The van der Waals surface area contributed by atoms with Crippen molar-refractivity contribution in [3.63, 3.8) is 0 Å². The third kappa shape index (κ3) is 10.3. The molecule has 0 saturated carbocycles. The van der Waals surface area contributed by atoms with Crippen LogP contribution in [0.4, 0.5) is 39.8 Å². The van der Waals surface area contributed by atoms with Crippen molar-refractivity contribution in [3.05, 3.63) is 374 Å². The molecular weight excluding hydrogens is 1350 g/mol. The molecule has 22 rings (SSSR count). The molecule has 0 atom stereocenters. The summed E-state index contributed by atoms with van der Waals surface area (Å²) >= 11 is 3.61. The first-order valence-electron chi connectivity index (χ1n) is 36.9. The van der Waals surface area contributed by atoms with Gasteiger partial charge in [-0.25, -0.2) is 0 Å². The minimum absolute atomic E-state index is 0.715.